The van der Waals surface area contributed by atoms with E-state index < -0.39 is 35.1 Å². The number of benzene rings is 1. The van der Waals surface area contributed by atoms with Gasteiger partial charge in [0.2, 0.25) is 0 Å². The van der Waals surface area contributed by atoms with Gasteiger partial charge in [-0.15, -0.1) is 0 Å². The number of carbonyl (C=O) groups is 2. The van der Waals surface area contributed by atoms with E-state index >= 15 is 0 Å². The standard InChI is InChI=1S/C16H18F4N2O4/c1-2-26-13(23)15(16(18,19)20,11-3-5-12(17)6-4-11)21-14(24)22-7-9-25-10-8-22/h3-6H,2,7-10H2,1H3,(H,21,24). The summed E-state index contributed by atoms with van der Waals surface area (Å²) in [7, 11) is 0. The number of rotatable bonds is 4. The second kappa shape index (κ2) is 7.90. The highest BCUT2D eigenvalue weighted by molar-refractivity contribution is 5.89. The molecule has 0 spiro atoms. The molecule has 26 heavy (non-hydrogen) atoms. The molecule has 6 nitrogen and oxygen atoms in total. The maximum atomic E-state index is 14.0. The lowest BCUT2D eigenvalue weighted by Gasteiger charge is -2.37. The molecule has 2 amide bonds. The molecule has 1 heterocycles. The van der Waals surface area contributed by atoms with Crippen molar-refractivity contribution in [2.75, 3.05) is 32.9 Å². The second-order valence-corrected chi connectivity index (χ2v) is 5.50. The minimum atomic E-state index is -5.22. The quantitative estimate of drug-likeness (QED) is 0.644. The second-order valence-electron chi connectivity index (χ2n) is 5.50. The molecule has 1 N–H and O–H groups in total. The van der Waals surface area contributed by atoms with Crippen molar-refractivity contribution in [3.63, 3.8) is 0 Å². The van der Waals surface area contributed by atoms with Crippen molar-refractivity contribution < 1.29 is 36.6 Å². The first-order valence-electron chi connectivity index (χ1n) is 7.87. The number of ether oxygens (including phenoxy) is 2. The monoisotopic (exact) mass is 378 g/mol. The van der Waals surface area contributed by atoms with Gasteiger partial charge < -0.3 is 19.7 Å². The van der Waals surface area contributed by atoms with Crippen LogP contribution >= 0.6 is 0 Å². The van der Waals surface area contributed by atoms with Gasteiger partial charge in [0.25, 0.3) is 5.54 Å². The number of esters is 1. The molecule has 2 rings (SSSR count). The maximum absolute atomic E-state index is 14.0. The smallest absolute Gasteiger partial charge is 0.426 e. The Labute approximate surface area is 147 Å². The van der Waals surface area contributed by atoms with Crippen LogP contribution in [0, 0.1) is 5.82 Å². The molecule has 1 saturated heterocycles. The fraction of sp³-hybridized carbons (Fsp3) is 0.500. The van der Waals surface area contributed by atoms with E-state index in [9.17, 15) is 27.2 Å². The minimum absolute atomic E-state index is 0.0754. The third-order valence-corrected chi connectivity index (χ3v) is 3.88. The molecule has 0 radical (unpaired) electrons. The van der Waals surface area contributed by atoms with Crippen LogP contribution in [0.4, 0.5) is 22.4 Å². The van der Waals surface area contributed by atoms with Crippen LogP contribution in [0.25, 0.3) is 0 Å². The molecule has 1 unspecified atom stereocenters. The Hall–Kier alpha value is -2.36. The van der Waals surface area contributed by atoms with Crippen molar-refractivity contribution in [2.45, 2.75) is 18.6 Å². The number of hydrogen-bond donors (Lipinski definition) is 1. The predicted molar refractivity (Wildman–Crippen MR) is 81.7 cm³/mol. The molecule has 1 aromatic rings. The van der Waals surface area contributed by atoms with Crippen LogP contribution in [0.1, 0.15) is 12.5 Å². The minimum Gasteiger partial charge on any atom is -0.464 e. The van der Waals surface area contributed by atoms with Gasteiger partial charge in [-0.3, -0.25) is 0 Å². The number of carbonyl (C=O) groups excluding carboxylic acids is 2. The Kier molecular flexibility index (Phi) is 6.06. The molecular weight excluding hydrogens is 360 g/mol. The Morgan fingerprint density at radius 2 is 1.77 bits per heavy atom. The summed E-state index contributed by atoms with van der Waals surface area (Å²) in [5, 5.41) is 1.77. The zero-order valence-electron chi connectivity index (χ0n) is 13.9. The van der Waals surface area contributed by atoms with Crippen LogP contribution in [0.2, 0.25) is 0 Å². The topological polar surface area (TPSA) is 67.9 Å². The van der Waals surface area contributed by atoms with Crippen LogP contribution in [-0.4, -0.2) is 56.0 Å². The van der Waals surface area contributed by atoms with Gasteiger partial charge in [0.15, 0.2) is 0 Å². The van der Waals surface area contributed by atoms with Crippen LogP contribution < -0.4 is 5.32 Å². The number of nitrogens with zero attached hydrogens (tertiary/aromatic N) is 1. The molecule has 1 fully saturated rings. The number of halogens is 4. The van der Waals surface area contributed by atoms with Crippen molar-refractivity contribution in [1.82, 2.24) is 10.2 Å². The van der Waals surface area contributed by atoms with E-state index in [1.54, 1.807) is 5.32 Å². The summed E-state index contributed by atoms with van der Waals surface area (Å²) in [5.41, 5.74) is -4.10. The molecule has 0 aromatic heterocycles. The number of urea groups is 1. The lowest BCUT2D eigenvalue weighted by molar-refractivity contribution is -0.214. The van der Waals surface area contributed by atoms with Gasteiger partial charge in [0.05, 0.1) is 19.8 Å². The number of amides is 2. The Bertz CT molecular complexity index is 645. The molecule has 1 aromatic carbocycles. The van der Waals surface area contributed by atoms with E-state index in [2.05, 4.69) is 4.74 Å². The number of hydrogen-bond acceptors (Lipinski definition) is 4. The average molecular weight is 378 g/mol. The number of alkyl halides is 3. The lowest BCUT2D eigenvalue weighted by atomic mass is 9.89. The summed E-state index contributed by atoms with van der Waals surface area (Å²) in [6, 6.07) is 2.04. The molecule has 0 bridgehead atoms. The number of morpholine rings is 1. The van der Waals surface area contributed by atoms with Crippen LogP contribution in [0.15, 0.2) is 24.3 Å². The van der Waals surface area contributed by atoms with Gasteiger partial charge >= 0.3 is 18.2 Å². The molecule has 1 aliphatic heterocycles. The molecular formula is C16H18F4N2O4. The highest BCUT2D eigenvalue weighted by Crippen LogP contribution is 2.40. The van der Waals surface area contributed by atoms with Crippen LogP contribution in [0.3, 0.4) is 0 Å². The van der Waals surface area contributed by atoms with Crippen LogP contribution in [0.5, 0.6) is 0 Å². The van der Waals surface area contributed by atoms with Gasteiger partial charge in [-0.05, 0) is 24.6 Å². The van der Waals surface area contributed by atoms with E-state index in [0.29, 0.717) is 0 Å². The largest absolute Gasteiger partial charge is 0.464 e. The summed E-state index contributed by atoms with van der Waals surface area (Å²) in [5.74, 6) is -2.48. The van der Waals surface area contributed by atoms with E-state index in [0.717, 1.165) is 29.2 Å². The van der Waals surface area contributed by atoms with E-state index in [-0.39, 0.29) is 32.9 Å². The van der Waals surface area contributed by atoms with E-state index in [1.165, 1.54) is 6.92 Å². The molecule has 1 aliphatic rings. The molecule has 10 heteroatoms. The van der Waals surface area contributed by atoms with Crippen molar-refractivity contribution in [3.05, 3.63) is 35.6 Å². The van der Waals surface area contributed by atoms with Gasteiger partial charge in [-0.1, -0.05) is 12.1 Å². The van der Waals surface area contributed by atoms with E-state index in [4.69, 9.17) is 4.74 Å². The van der Waals surface area contributed by atoms with Crippen molar-refractivity contribution in [3.8, 4) is 0 Å². The zero-order chi connectivity index (χ0) is 19.4. The highest BCUT2D eigenvalue weighted by atomic mass is 19.4. The first-order chi connectivity index (χ1) is 12.2. The Balaban J connectivity index is 2.49. The summed E-state index contributed by atoms with van der Waals surface area (Å²) in [4.78, 5) is 25.8. The normalized spacial score (nSPS) is 17.3. The van der Waals surface area contributed by atoms with Crippen LogP contribution in [-0.2, 0) is 19.8 Å². The Morgan fingerprint density at radius 1 is 1.19 bits per heavy atom. The van der Waals surface area contributed by atoms with Crippen molar-refractivity contribution in [1.29, 1.82) is 0 Å². The first-order valence-corrected chi connectivity index (χ1v) is 7.87. The lowest BCUT2D eigenvalue weighted by Crippen LogP contribution is -2.64. The van der Waals surface area contributed by atoms with Crippen molar-refractivity contribution >= 4 is 12.0 Å². The third-order valence-electron chi connectivity index (χ3n) is 3.88. The Morgan fingerprint density at radius 3 is 2.27 bits per heavy atom. The molecule has 0 saturated carbocycles. The average Bonchev–Trinajstić information content (AvgIpc) is 2.60. The SMILES string of the molecule is CCOC(=O)C(NC(=O)N1CCOCC1)(c1ccc(F)cc1)C(F)(F)F. The molecule has 0 aliphatic carbocycles. The van der Waals surface area contributed by atoms with Gasteiger partial charge in [0, 0.05) is 13.1 Å². The highest BCUT2D eigenvalue weighted by Gasteiger charge is 2.64. The molecule has 144 valence electrons. The summed E-state index contributed by atoms with van der Waals surface area (Å²) < 4.78 is 64.8. The van der Waals surface area contributed by atoms with Gasteiger partial charge in [-0.2, -0.15) is 13.2 Å². The fourth-order valence-corrected chi connectivity index (χ4v) is 2.54. The van der Waals surface area contributed by atoms with Gasteiger partial charge in [-0.25, -0.2) is 14.0 Å². The van der Waals surface area contributed by atoms with E-state index in [1.807, 2.05) is 0 Å². The summed E-state index contributed by atoms with van der Waals surface area (Å²) >= 11 is 0. The first kappa shape index (κ1) is 20.0. The third kappa shape index (κ3) is 3.90. The summed E-state index contributed by atoms with van der Waals surface area (Å²) in [6.45, 7) is 1.50. The fourth-order valence-electron chi connectivity index (χ4n) is 2.54. The number of nitrogens with one attached hydrogen (secondary N) is 1. The predicted octanol–water partition coefficient (Wildman–Crippen LogP) is 2.19. The molecule has 1 atom stereocenters. The summed E-state index contributed by atoms with van der Waals surface area (Å²) in [6.07, 6.45) is -5.22. The van der Waals surface area contributed by atoms with Gasteiger partial charge in [0.1, 0.15) is 5.82 Å². The van der Waals surface area contributed by atoms with Crippen molar-refractivity contribution in [2.24, 2.45) is 0 Å². The maximum Gasteiger partial charge on any atom is 0.426 e. The zero-order valence-corrected chi connectivity index (χ0v) is 13.9.